The maximum Gasteiger partial charge on any atom is 0.250 e. The van der Waals surface area contributed by atoms with Gasteiger partial charge < -0.3 is 16.8 Å². The lowest BCUT2D eigenvalue weighted by atomic mass is 9.94. The Balaban J connectivity index is 2.05. The zero-order valence-corrected chi connectivity index (χ0v) is 12.0. The Morgan fingerprint density at radius 3 is 2.58 bits per heavy atom. The molecule has 5 N–H and O–H groups in total. The van der Waals surface area contributed by atoms with Crippen LogP contribution in [0.2, 0.25) is 0 Å². The molecule has 0 heterocycles. The van der Waals surface area contributed by atoms with E-state index in [4.69, 9.17) is 11.5 Å². The molecule has 0 saturated heterocycles. The molecule has 1 aromatic rings. The number of carbonyl (C=O) groups excluding carboxylic acids is 1. The molecule has 0 aromatic heterocycles. The summed E-state index contributed by atoms with van der Waals surface area (Å²) < 4.78 is 0. The number of benzene rings is 1. The average molecular weight is 279 g/mol. The van der Waals surface area contributed by atoms with Gasteiger partial charge in [0, 0.05) is 22.7 Å². The summed E-state index contributed by atoms with van der Waals surface area (Å²) in [6, 6.07) is 5.70. The van der Waals surface area contributed by atoms with Crippen molar-refractivity contribution >= 4 is 29.0 Å². The van der Waals surface area contributed by atoms with Crippen LogP contribution in [0.1, 0.15) is 36.0 Å². The van der Waals surface area contributed by atoms with Crippen molar-refractivity contribution in [2.45, 2.75) is 37.0 Å². The van der Waals surface area contributed by atoms with E-state index in [-0.39, 0.29) is 0 Å². The number of primary amides is 1. The molecule has 1 aromatic carbocycles. The van der Waals surface area contributed by atoms with E-state index in [9.17, 15) is 4.79 Å². The molecule has 0 spiro atoms. The van der Waals surface area contributed by atoms with E-state index in [0.717, 1.165) is 23.8 Å². The van der Waals surface area contributed by atoms with Crippen molar-refractivity contribution in [3.8, 4) is 0 Å². The van der Waals surface area contributed by atoms with E-state index in [0.29, 0.717) is 17.3 Å². The number of hydrogen-bond donors (Lipinski definition) is 3. The minimum absolute atomic E-state index is 0.421. The fourth-order valence-electron chi connectivity index (χ4n) is 2.55. The van der Waals surface area contributed by atoms with Crippen molar-refractivity contribution in [3.63, 3.8) is 0 Å². The van der Waals surface area contributed by atoms with E-state index in [1.54, 1.807) is 12.1 Å². The van der Waals surface area contributed by atoms with Gasteiger partial charge in [0.15, 0.2) is 0 Å². The first kappa shape index (κ1) is 14.1. The smallest absolute Gasteiger partial charge is 0.250 e. The zero-order valence-electron chi connectivity index (χ0n) is 11.2. The second kappa shape index (κ2) is 6.19. The van der Waals surface area contributed by atoms with Crippen LogP contribution in [0, 0.1) is 0 Å². The molecule has 1 aliphatic rings. The number of thioether (sulfide) groups is 1. The number of anilines is 2. The third-order valence-corrected chi connectivity index (χ3v) is 4.81. The number of hydrogen-bond acceptors (Lipinski definition) is 4. The van der Waals surface area contributed by atoms with Gasteiger partial charge >= 0.3 is 0 Å². The molecule has 0 radical (unpaired) electrons. The van der Waals surface area contributed by atoms with Gasteiger partial charge in [0.1, 0.15) is 0 Å². The minimum Gasteiger partial charge on any atom is -0.399 e. The summed E-state index contributed by atoms with van der Waals surface area (Å²) in [6.45, 7) is 0. The van der Waals surface area contributed by atoms with Crippen LogP contribution in [0.15, 0.2) is 18.2 Å². The van der Waals surface area contributed by atoms with Crippen molar-refractivity contribution in [2.24, 2.45) is 5.73 Å². The van der Waals surface area contributed by atoms with Crippen LogP contribution >= 0.6 is 11.8 Å². The molecule has 0 atom stereocenters. The number of nitrogens with two attached hydrogens (primary N) is 2. The number of amides is 1. The fourth-order valence-corrected chi connectivity index (χ4v) is 3.30. The number of nitrogens with one attached hydrogen (secondary N) is 1. The summed E-state index contributed by atoms with van der Waals surface area (Å²) in [7, 11) is 0. The third kappa shape index (κ3) is 3.56. The summed E-state index contributed by atoms with van der Waals surface area (Å²) in [5, 5.41) is 4.21. The molecule has 19 heavy (non-hydrogen) atoms. The van der Waals surface area contributed by atoms with Crippen LogP contribution in [0.25, 0.3) is 0 Å². The lowest BCUT2D eigenvalue weighted by molar-refractivity contribution is 0.100. The molecule has 1 amide bonds. The third-order valence-electron chi connectivity index (χ3n) is 3.68. The second-order valence-corrected chi connectivity index (χ2v) is 6.16. The molecule has 104 valence electrons. The Bertz CT molecular complexity index is 456. The van der Waals surface area contributed by atoms with Crippen LogP contribution < -0.4 is 16.8 Å². The summed E-state index contributed by atoms with van der Waals surface area (Å²) in [5.41, 5.74) is 12.9. The van der Waals surface area contributed by atoms with Gasteiger partial charge in [-0.25, -0.2) is 0 Å². The van der Waals surface area contributed by atoms with Crippen LogP contribution in [-0.4, -0.2) is 23.5 Å². The van der Waals surface area contributed by atoms with Crippen molar-refractivity contribution in [2.75, 3.05) is 17.3 Å². The fraction of sp³-hybridized carbons (Fsp3) is 0.500. The Labute approximate surface area is 118 Å². The van der Waals surface area contributed by atoms with E-state index in [1.165, 1.54) is 12.8 Å². The zero-order chi connectivity index (χ0) is 13.8. The van der Waals surface area contributed by atoms with E-state index in [1.807, 2.05) is 17.8 Å². The summed E-state index contributed by atoms with van der Waals surface area (Å²) in [6.07, 6.45) is 6.88. The maximum atomic E-state index is 11.4. The topological polar surface area (TPSA) is 81.1 Å². The minimum atomic E-state index is -0.437. The lowest BCUT2D eigenvalue weighted by Crippen LogP contribution is -2.28. The Morgan fingerprint density at radius 2 is 2.00 bits per heavy atom. The molecule has 0 unspecified atom stereocenters. The predicted octanol–water partition coefficient (Wildman–Crippen LogP) is 2.45. The highest BCUT2D eigenvalue weighted by atomic mass is 32.2. The van der Waals surface area contributed by atoms with Gasteiger partial charge in [-0.1, -0.05) is 0 Å². The van der Waals surface area contributed by atoms with Gasteiger partial charge in [0.2, 0.25) is 0 Å². The molecule has 4 nitrogen and oxygen atoms in total. The van der Waals surface area contributed by atoms with Gasteiger partial charge in [-0.2, -0.15) is 11.8 Å². The van der Waals surface area contributed by atoms with Gasteiger partial charge in [-0.15, -0.1) is 0 Å². The van der Waals surface area contributed by atoms with Crippen LogP contribution in [0.4, 0.5) is 11.4 Å². The van der Waals surface area contributed by atoms with Gasteiger partial charge in [-0.05, 0) is 50.1 Å². The van der Waals surface area contributed by atoms with Crippen molar-refractivity contribution in [1.82, 2.24) is 0 Å². The van der Waals surface area contributed by atoms with E-state index in [2.05, 4.69) is 11.6 Å². The number of rotatable bonds is 4. The summed E-state index contributed by atoms with van der Waals surface area (Å²) in [5.74, 6) is -0.437. The standard InChI is InChI=1S/C14H21N3OS/c1-19-11-5-3-10(4-6-11)17-13-7-2-9(15)8-12(13)14(16)18/h2,7-8,10-11,17H,3-6,15H2,1H3,(H2,16,18). The Hall–Kier alpha value is -1.36. The summed E-state index contributed by atoms with van der Waals surface area (Å²) in [4.78, 5) is 11.4. The highest BCUT2D eigenvalue weighted by Crippen LogP contribution is 2.29. The van der Waals surface area contributed by atoms with Gasteiger partial charge in [0.25, 0.3) is 5.91 Å². The van der Waals surface area contributed by atoms with Crippen LogP contribution in [0.5, 0.6) is 0 Å². The Kier molecular flexibility index (Phi) is 4.58. The molecular weight excluding hydrogens is 258 g/mol. The van der Waals surface area contributed by atoms with Crippen molar-refractivity contribution in [1.29, 1.82) is 0 Å². The normalized spacial score (nSPS) is 23.0. The van der Waals surface area contributed by atoms with Gasteiger partial charge in [-0.3, -0.25) is 4.79 Å². The molecular formula is C14H21N3OS. The predicted molar refractivity (Wildman–Crippen MR) is 82.6 cm³/mol. The average Bonchev–Trinajstić information content (AvgIpc) is 2.41. The molecule has 2 rings (SSSR count). The monoisotopic (exact) mass is 279 g/mol. The number of nitrogen functional groups attached to an aromatic ring is 1. The van der Waals surface area contributed by atoms with Crippen LogP contribution in [-0.2, 0) is 0 Å². The molecule has 5 heteroatoms. The first-order valence-corrected chi connectivity index (χ1v) is 7.87. The molecule has 0 aliphatic heterocycles. The maximum absolute atomic E-state index is 11.4. The highest BCUT2D eigenvalue weighted by Gasteiger charge is 2.21. The van der Waals surface area contributed by atoms with Crippen molar-refractivity contribution in [3.05, 3.63) is 23.8 Å². The summed E-state index contributed by atoms with van der Waals surface area (Å²) >= 11 is 1.95. The quantitative estimate of drug-likeness (QED) is 0.739. The second-order valence-electron chi connectivity index (χ2n) is 5.02. The lowest BCUT2D eigenvalue weighted by Gasteiger charge is -2.29. The van der Waals surface area contributed by atoms with Crippen LogP contribution in [0.3, 0.4) is 0 Å². The Morgan fingerprint density at radius 1 is 1.32 bits per heavy atom. The molecule has 1 aliphatic carbocycles. The SMILES string of the molecule is CSC1CCC(Nc2ccc(N)cc2C(N)=O)CC1. The van der Waals surface area contributed by atoms with Crippen molar-refractivity contribution < 1.29 is 4.79 Å². The first-order chi connectivity index (χ1) is 9.10. The largest absolute Gasteiger partial charge is 0.399 e. The first-order valence-electron chi connectivity index (χ1n) is 6.59. The van der Waals surface area contributed by atoms with Gasteiger partial charge in [0.05, 0.1) is 5.56 Å². The molecule has 0 bridgehead atoms. The van der Waals surface area contributed by atoms with E-state index < -0.39 is 5.91 Å². The highest BCUT2D eigenvalue weighted by molar-refractivity contribution is 7.99. The molecule has 1 fully saturated rings. The van der Waals surface area contributed by atoms with E-state index >= 15 is 0 Å². The molecule has 1 saturated carbocycles. The number of carbonyl (C=O) groups is 1.